The van der Waals surface area contributed by atoms with Crippen molar-refractivity contribution in [2.45, 2.75) is 45.4 Å². The number of aromatic nitrogens is 1. The van der Waals surface area contributed by atoms with Gasteiger partial charge in [0.1, 0.15) is 10.6 Å². The molecule has 0 aromatic carbocycles. The van der Waals surface area contributed by atoms with Crippen LogP contribution in [0, 0.1) is 19.8 Å². The van der Waals surface area contributed by atoms with Crippen LogP contribution in [-0.2, 0) is 10.0 Å². The zero-order chi connectivity index (χ0) is 13.1. The third-order valence-corrected chi connectivity index (χ3v) is 4.62. The highest BCUT2D eigenvalue weighted by molar-refractivity contribution is 7.89. The zero-order valence-corrected chi connectivity index (χ0v) is 11.6. The third-order valence-electron chi connectivity index (χ3n) is 2.95. The first-order valence-corrected chi connectivity index (χ1v) is 7.33. The predicted molar refractivity (Wildman–Crippen MR) is 65.2 cm³/mol. The second-order valence-electron chi connectivity index (χ2n) is 4.19. The van der Waals surface area contributed by atoms with E-state index in [4.69, 9.17) is 4.52 Å². The van der Waals surface area contributed by atoms with Gasteiger partial charge in [-0.15, -0.1) is 0 Å². The van der Waals surface area contributed by atoms with Gasteiger partial charge in [0.15, 0.2) is 5.76 Å². The van der Waals surface area contributed by atoms with Crippen molar-refractivity contribution in [1.82, 2.24) is 9.88 Å². The molecule has 0 radical (unpaired) electrons. The standard InChI is InChI=1S/C11H20N2O3S/c1-5-10(6-2)7-12-17(14,15)11-8(3)13-16-9(11)4/h10,12H,5-7H2,1-4H3. The fourth-order valence-corrected chi connectivity index (χ4v) is 3.18. The summed E-state index contributed by atoms with van der Waals surface area (Å²) in [6.07, 6.45) is 1.92. The maximum atomic E-state index is 12.1. The Balaban J connectivity index is 2.83. The average Bonchev–Trinajstić information content (AvgIpc) is 2.60. The fourth-order valence-electron chi connectivity index (χ4n) is 1.74. The van der Waals surface area contributed by atoms with Gasteiger partial charge in [0.2, 0.25) is 10.0 Å². The van der Waals surface area contributed by atoms with Gasteiger partial charge in [0.25, 0.3) is 0 Å². The molecule has 1 aromatic heterocycles. The molecular weight excluding hydrogens is 240 g/mol. The molecule has 98 valence electrons. The minimum Gasteiger partial charge on any atom is -0.360 e. The van der Waals surface area contributed by atoms with Gasteiger partial charge in [-0.05, 0) is 19.8 Å². The van der Waals surface area contributed by atoms with Crippen molar-refractivity contribution >= 4 is 10.0 Å². The molecule has 1 rings (SSSR count). The van der Waals surface area contributed by atoms with Gasteiger partial charge in [-0.2, -0.15) is 0 Å². The summed E-state index contributed by atoms with van der Waals surface area (Å²) in [7, 11) is -3.50. The Labute approximate surface area is 103 Å². The maximum absolute atomic E-state index is 12.1. The van der Waals surface area contributed by atoms with Crippen molar-refractivity contribution in [1.29, 1.82) is 0 Å². The number of hydrogen-bond acceptors (Lipinski definition) is 4. The molecular formula is C11H20N2O3S. The molecule has 0 unspecified atom stereocenters. The Morgan fingerprint density at radius 2 is 1.88 bits per heavy atom. The lowest BCUT2D eigenvalue weighted by molar-refractivity contribution is 0.390. The molecule has 0 atom stereocenters. The minimum absolute atomic E-state index is 0.170. The Kier molecular flexibility index (Phi) is 4.70. The Bertz CT molecular complexity index is 442. The summed E-state index contributed by atoms with van der Waals surface area (Å²) in [6, 6.07) is 0. The first kappa shape index (κ1) is 14.2. The Morgan fingerprint density at radius 3 is 2.29 bits per heavy atom. The van der Waals surface area contributed by atoms with Crippen LogP contribution in [0.2, 0.25) is 0 Å². The van der Waals surface area contributed by atoms with Gasteiger partial charge >= 0.3 is 0 Å². The van der Waals surface area contributed by atoms with Crippen LogP contribution in [0.25, 0.3) is 0 Å². The molecule has 1 aromatic rings. The van der Waals surface area contributed by atoms with E-state index in [1.54, 1.807) is 13.8 Å². The van der Waals surface area contributed by atoms with Crippen LogP contribution >= 0.6 is 0 Å². The van der Waals surface area contributed by atoms with E-state index in [1.807, 2.05) is 0 Å². The van der Waals surface area contributed by atoms with E-state index >= 15 is 0 Å². The predicted octanol–water partition coefficient (Wildman–Crippen LogP) is 2.01. The first-order chi connectivity index (χ1) is 7.92. The lowest BCUT2D eigenvalue weighted by atomic mass is 10.0. The van der Waals surface area contributed by atoms with Crippen LogP contribution in [-0.4, -0.2) is 20.1 Å². The van der Waals surface area contributed by atoms with Crippen molar-refractivity contribution in [3.05, 3.63) is 11.5 Å². The minimum atomic E-state index is -3.50. The van der Waals surface area contributed by atoms with Gasteiger partial charge in [0, 0.05) is 6.54 Å². The van der Waals surface area contributed by atoms with Crippen molar-refractivity contribution in [2.75, 3.05) is 6.54 Å². The van der Waals surface area contributed by atoms with Crippen LogP contribution in [0.1, 0.15) is 38.1 Å². The number of nitrogens with zero attached hydrogens (tertiary/aromatic N) is 1. The monoisotopic (exact) mass is 260 g/mol. The number of nitrogens with one attached hydrogen (secondary N) is 1. The maximum Gasteiger partial charge on any atom is 0.245 e. The van der Waals surface area contributed by atoms with Crippen LogP contribution in [0.4, 0.5) is 0 Å². The van der Waals surface area contributed by atoms with E-state index < -0.39 is 10.0 Å². The smallest absolute Gasteiger partial charge is 0.245 e. The summed E-state index contributed by atoms with van der Waals surface area (Å²) in [5, 5.41) is 3.66. The molecule has 0 saturated carbocycles. The fraction of sp³-hybridized carbons (Fsp3) is 0.727. The van der Waals surface area contributed by atoms with Crippen LogP contribution in [0.15, 0.2) is 9.42 Å². The molecule has 0 aliphatic rings. The molecule has 0 amide bonds. The van der Waals surface area contributed by atoms with Crippen molar-refractivity contribution in [3.63, 3.8) is 0 Å². The highest BCUT2D eigenvalue weighted by Crippen LogP contribution is 2.19. The SMILES string of the molecule is CCC(CC)CNS(=O)(=O)c1c(C)noc1C. The third kappa shape index (κ3) is 3.29. The zero-order valence-electron chi connectivity index (χ0n) is 10.8. The molecule has 0 aliphatic carbocycles. The summed E-state index contributed by atoms with van der Waals surface area (Å²) in [5.41, 5.74) is 0.402. The molecule has 5 nitrogen and oxygen atoms in total. The van der Waals surface area contributed by atoms with Crippen LogP contribution in [0.3, 0.4) is 0 Å². The average molecular weight is 260 g/mol. The van der Waals surface area contributed by atoms with Crippen molar-refractivity contribution < 1.29 is 12.9 Å². The van der Waals surface area contributed by atoms with Gasteiger partial charge in [-0.25, -0.2) is 13.1 Å². The molecule has 0 aliphatic heterocycles. The Morgan fingerprint density at radius 1 is 1.29 bits per heavy atom. The number of rotatable bonds is 6. The molecule has 0 spiro atoms. The summed E-state index contributed by atoms with van der Waals surface area (Å²) >= 11 is 0. The number of sulfonamides is 1. The number of aryl methyl sites for hydroxylation is 2. The summed E-state index contributed by atoms with van der Waals surface area (Å²) in [4.78, 5) is 0.170. The van der Waals surface area contributed by atoms with E-state index in [9.17, 15) is 8.42 Å². The highest BCUT2D eigenvalue weighted by Gasteiger charge is 2.24. The van der Waals surface area contributed by atoms with Gasteiger partial charge in [0.05, 0.1) is 0 Å². The molecule has 0 bridgehead atoms. The molecule has 0 saturated heterocycles. The summed E-state index contributed by atoms with van der Waals surface area (Å²) in [5.74, 6) is 0.699. The van der Waals surface area contributed by atoms with Crippen LogP contribution < -0.4 is 4.72 Å². The molecule has 17 heavy (non-hydrogen) atoms. The lowest BCUT2D eigenvalue weighted by Gasteiger charge is -2.13. The summed E-state index contributed by atoms with van der Waals surface area (Å²) < 4.78 is 31.6. The highest BCUT2D eigenvalue weighted by atomic mass is 32.2. The topological polar surface area (TPSA) is 72.2 Å². The quantitative estimate of drug-likeness (QED) is 0.849. The van der Waals surface area contributed by atoms with E-state index in [1.165, 1.54) is 0 Å². The molecule has 1 N–H and O–H groups in total. The van der Waals surface area contributed by atoms with Crippen molar-refractivity contribution in [2.24, 2.45) is 5.92 Å². The normalized spacial score (nSPS) is 12.3. The van der Waals surface area contributed by atoms with Crippen LogP contribution in [0.5, 0.6) is 0 Å². The van der Waals surface area contributed by atoms with Gasteiger partial charge in [-0.3, -0.25) is 0 Å². The second-order valence-corrected chi connectivity index (χ2v) is 5.89. The van der Waals surface area contributed by atoms with E-state index in [-0.39, 0.29) is 4.90 Å². The number of hydrogen-bond donors (Lipinski definition) is 1. The lowest BCUT2D eigenvalue weighted by Crippen LogP contribution is -2.29. The first-order valence-electron chi connectivity index (χ1n) is 5.84. The van der Waals surface area contributed by atoms with Gasteiger partial charge < -0.3 is 4.52 Å². The van der Waals surface area contributed by atoms with E-state index in [0.717, 1.165) is 12.8 Å². The second kappa shape index (κ2) is 5.64. The molecule has 1 heterocycles. The Hall–Kier alpha value is -0.880. The molecule has 0 fully saturated rings. The largest absolute Gasteiger partial charge is 0.360 e. The summed E-state index contributed by atoms with van der Waals surface area (Å²) in [6.45, 7) is 7.80. The molecule has 6 heteroatoms. The van der Waals surface area contributed by atoms with Gasteiger partial charge in [-0.1, -0.05) is 31.8 Å². The van der Waals surface area contributed by atoms with E-state index in [2.05, 4.69) is 23.7 Å². The van der Waals surface area contributed by atoms with Crippen molar-refractivity contribution in [3.8, 4) is 0 Å². The van der Waals surface area contributed by atoms with E-state index in [0.29, 0.717) is 23.9 Å².